The maximum Gasteiger partial charge on any atom is 0.331 e. The molecular weight excluding hydrogens is 604 g/mol. The number of hydrogen-bond donors (Lipinski definition) is 10. The molecular formula is C29H36O16. The lowest BCUT2D eigenvalue weighted by Crippen LogP contribution is -2.65. The van der Waals surface area contributed by atoms with Crippen LogP contribution in [0.2, 0.25) is 0 Å². The van der Waals surface area contributed by atoms with E-state index in [4.69, 9.17) is 23.7 Å². The van der Waals surface area contributed by atoms with Crippen molar-refractivity contribution in [2.45, 2.75) is 74.4 Å². The van der Waals surface area contributed by atoms with Crippen LogP contribution in [-0.2, 0) is 28.5 Å². The Labute approximate surface area is 256 Å². The molecule has 2 aliphatic heterocycles. The van der Waals surface area contributed by atoms with Crippen LogP contribution >= 0.6 is 0 Å². The average Bonchev–Trinajstić information content (AvgIpc) is 3.01. The minimum Gasteiger partial charge on any atom is -0.504 e. The van der Waals surface area contributed by atoms with Gasteiger partial charge in [0.1, 0.15) is 42.7 Å². The largest absolute Gasteiger partial charge is 0.504 e. The molecule has 0 radical (unpaired) electrons. The molecule has 0 spiro atoms. The van der Waals surface area contributed by atoms with Crippen molar-refractivity contribution < 1.29 is 79.5 Å². The molecule has 45 heavy (non-hydrogen) atoms. The predicted molar refractivity (Wildman–Crippen MR) is 148 cm³/mol. The van der Waals surface area contributed by atoms with Crippen molar-refractivity contribution >= 4 is 12.0 Å². The van der Waals surface area contributed by atoms with Crippen molar-refractivity contribution in [2.24, 2.45) is 0 Å². The van der Waals surface area contributed by atoms with E-state index in [2.05, 4.69) is 0 Å². The quantitative estimate of drug-likeness (QED) is 0.0802. The van der Waals surface area contributed by atoms with Crippen LogP contribution < -0.4 is 0 Å². The van der Waals surface area contributed by atoms with E-state index in [0.29, 0.717) is 5.56 Å². The van der Waals surface area contributed by atoms with Gasteiger partial charge < -0.3 is 74.7 Å². The highest BCUT2D eigenvalue weighted by Crippen LogP contribution is 2.33. The van der Waals surface area contributed by atoms with E-state index in [1.54, 1.807) is 0 Å². The van der Waals surface area contributed by atoms with Crippen LogP contribution in [0.15, 0.2) is 42.5 Å². The minimum atomic E-state index is -1.83. The lowest BCUT2D eigenvalue weighted by molar-refractivity contribution is -0.358. The first kappa shape index (κ1) is 34.3. The number of aliphatic hydroxyl groups is 6. The van der Waals surface area contributed by atoms with Crippen LogP contribution in [0, 0.1) is 0 Å². The molecule has 2 heterocycles. The smallest absolute Gasteiger partial charge is 0.331 e. The van der Waals surface area contributed by atoms with Crippen LogP contribution in [0.4, 0.5) is 0 Å². The van der Waals surface area contributed by atoms with Gasteiger partial charge in [-0.15, -0.1) is 0 Å². The molecule has 0 bridgehead atoms. The van der Waals surface area contributed by atoms with Crippen molar-refractivity contribution in [3.05, 3.63) is 53.6 Å². The molecule has 0 saturated carbocycles. The molecule has 2 fully saturated rings. The summed E-state index contributed by atoms with van der Waals surface area (Å²) in [4.78, 5) is 12.8. The second kappa shape index (κ2) is 14.7. The highest BCUT2D eigenvalue weighted by Gasteiger charge is 2.52. The molecule has 2 aromatic rings. The van der Waals surface area contributed by atoms with Gasteiger partial charge in [-0.05, 0) is 48.4 Å². The highest BCUT2D eigenvalue weighted by atomic mass is 16.7. The molecule has 10 N–H and O–H groups in total. The summed E-state index contributed by atoms with van der Waals surface area (Å²) >= 11 is 0. The third kappa shape index (κ3) is 8.00. The number of ether oxygens (including phenoxy) is 5. The van der Waals surface area contributed by atoms with Gasteiger partial charge in [-0.2, -0.15) is 0 Å². The number of aromatic hydroxyl groups is 4. The Morgan fingerprint density at radius 2 is 1.51 bits per heavy atom. The van der Waals surface area contributed by atoms with Gasteiger partial charge in [-0.1, -0.05) is 12.1 Å². The average molecular weight is 641 g/mol. The van der Waals surface area contributed by atoms with E-state index in [1.165, 1.54) is 37.3 Å². The normalized spacial score (nSPS) is 32.8. The van der Waals surface area contributed by atoms with Crippen LogP contribution in [0.1, 0.15) is 24.2 Å². The van der Waals surface area contributed by atoms with E-state index in [1.807, 2.05) is 0 Å². The first-order chi connectivity index (χ1) is 21.3. The number of benzene rings is 2. The third-order valence-corrected chi connectivity index (χ3v) is 7.36. The summed E-state index contributed by atoms with van der Waals surface area (Å²) in [5.74, 6) is -2.75. The SMILES string of the molecule is C[C@@H]1O[C@@H](O[C@H]2[C@@H](O)[C@H](OC[C@@H](O)c3ccc(O)c(O)c3)O[C@H](CO)[C@H]2OC(=O)/C=C/c2ccc(O)c(O)c2)[C@H](O)[C@H](O)[C@H]1O. The lowest BCUT2D eigenvalue weighted by Gasteiger charge is -2.46. The highest BCUT2D eigenvalue weighted by molar-refractivity contribution is 5.87. The first-order valence-electron chi connectivity index (χ1n) is 13.8. The summed E-state index contributed by atoms with van der Waals surface area (Å²) in [5, 5.41) is 101. The summed E-state index contributed by atoms with van der Waals surface area (Å²) in [6.07, 6.45) is -15.0. The van der Waals surface area contributed by atoms with Crippen molar-refractivity contribution in [3.63, 3.8) is 0 Å². The van der Waals surface area contributed by atoms with E-state index >= 15 is 0 Å². The van der Waals surface area contributed by atoms with Gasteiger partial charge >= 0.3 is 5.97 Å². The maximum atomic E-state index is 12.8. The molecule has 0 amide bonds. The number of aliphatic hydroxyl groups excluding tert-OH is 6. The summed E-state index contributed by atoms with van der Waals surface area (Å²) in [6, 6.07) is 7.32. The van der Waals surface area contributed by atoms with Crippen molar-refractivity contribution in [2.75, 3.05) is 13.2 Å². The molecule has 248 valence electrons. The van der Waals surface area contributed by atoms with E-state index in [-0.39, 0.29) is 11.3 Å². The molecule has 16 heteroatoms. The second-order valence-corrected chi connectivity index (χ2v) is 10.6. The molecule has 2 aliphatic rings. The Kier molecular flexibility index (Phi) is 11.2. The predicted octanol–water partition coefficient (Wildman–Crippen LogP) is -1.53. The minimum absolute atomic E-state index is 0.142. The molecule has 0 aromatic heterocycles. The molecule has 11 atom stereocenters. The number of carbonyl (C=O) groups excluding carboxylic acids is 1. The second-order valence-electron chi connectivity index (χ2n) is 10.6. The number of rotatable bonds is 10. The van der Waals surface area contributed by atoms with Gasteiger partial charge in [-0.3, -0.25) is 0 Å². The zero-order chi connectivity index (χ0) is 33.0. The van der Waals surface area contributed by atoms with Gasteiger partial charge in [-0.25, -0.2) is 4.79 Å². The van der Waals surface area contributed by atoms with E-state index in [0.717, 1.165) is 18.2 Å². The molecule has 4 rings (SSSR count). The number of phenols is 4. The van der Waals surface area contributed by atoms with Crippen LogP contribution in [0.3, 0.4) is 0 Å². The molecule has 16 nitrogen and oxygen atoms in total. The van der Waals surface area contributed by atoms with Gasteiger partial charge in [0, 0.05) is 6.08 Å². The number of phenolic OH excluding ortho intramolecular Hbond substituents is 4. The van der Waals surface area contributed by atoms with Crippen LogP contribution in [0.5, 0.6) is 23.0 Å². The fraction of sp³-hybridized carbons (Fsp3) is 0.483. The molecule has 0 unspecified atom stereocenters. The van der Waals surface area contributed by atoms with E-state index < -0.39 is 104 Å². The topological polar surface area (TPSA) is 266 Å². The maximum absolute atomic E-state index is 12.8. The molecule has 2 saturated heterocycles. The molecule has 0 aliphatic carbocycles. The monoisotopic (exact) mass is 640 g/mol. The van der Waals surface area contributed by atoms with Crippen LogP contribution in [-0.4, -0.2) is 132 Å². The van der Waals surface area contributed by atoms with Gasteiger partial charge in [0.15, 0.2) is 41.7 Å². The zero-order valence-corrected chi connectivity index (χ0v) is 23.8. The Balaban J connectivity index is 1.54. The fourth-order valence-corrected chi connectivity index (χ4v) is 4.77. The Bertz CT molecular complexity index is 1340. The summed E-state index contributed by atoms with van der Waals surface area (Å²) < 4.78 is 27.9. The number of esters is 1. The van der Waals surface area contributed by atoms with Crippen molar-refractivity contribution in [1.29, 1.82) is 0 Å². The van der Waals surface area contributed by atoms with Crippen molar-refractivity contribution in [3.8, 4) is 23.0 Å². The standard InChI is InChI=1S/C29H36O16/c1-12-22(37)23(38)24(39)29(42-12)45-27-25(40)28(41-11-19(35)14-4-6-16(32)18(34)9-14)43-20(10-30)26(27)44-21(36)7-3-13-2-5-15(31)17(33)8-13/h2-9,12,19-20,22-35,37-40H,10-11H2,1H3/b7-3+/t12-,19+,20+,22-,23+,24+,25+,26+,27-,28+,29-/m0/s1. The Hall–Kier alpha value is -3.55. The summed E-state index contributed by atoms with van der Waals surface area (Å²) in [5.41, 5.74) is 0.450. The Morgan fingerprint density at radius 3 is 2.16 bits per heavy atom. The Morgan fingerprint density at radius 1 is 0.844 bits per heavy atom. The van der Waals surface area contributed by atoms with Gasteiger partial charge in [0.2, 0.25) is 0 Å². The zero-order valence-electron chi connectivity index (χ0n) is 23.8. The summed E-state index contributed by atoms with van der Waals surface area (Å²) in [6.45, 7) is 0.0546. The van der Waals surface area contributed by atoms with Crippen molar-refractivity contribution in [1.82, 2.24) is 0 Å². The third-order valence-electron chi connectivity index (χ3n) is 7.36. The van der Waals surface area contributed by atoms with E-state index in [9.17, 15) is 55.9 Å². The number of hydrogen-bond acceptors (Lipinski definition) is 16. The summed E-state index contributed by atoms with van der Waals surface area (Å²) in [7, 11) is 0. The molecule has 2 aromatic carbocycles. The van der Waals surface area contributed by atoms with Gasteiger partial charge in [0.25, 0.3) is 0 Å². The van der Waals surface area contributed by atoms with Gasteiger partial charge in [0.05, 0.1) is 19.3 Å². The fourth-order valence-electron chi connectivity index (χ4n) is 4.77. The number of carbonyl (C=O) groups is 1. The first-order valence-corrected chi connectivity index (χ1v) is 13.8. The van der Waals surface area contributed by atoms with Crippen LogP contribution in [0.25, 0.3) is 6.08 Å². The lowest BCUT2D eigenvalue weighted by atomic mass is 9.97.